The van der Waals surface area contributed by atoms with Crippen LogP contribution in [0.2, 0.25) is 0 Å². The minimum Gasteiger partial charge on any atom is -0.389 e. The smallest absolute Gasteiger partial charge is 0.245 e. The van der Waals surface area contributed by atoms with Gasteiger partial charge in [0.1, 0.15) is 11.4 Å². The minimum atomic E-state index is -0.919. The Morgan fingerprint density at radius 3 is 2.79 bits per heavy atom. The number of rotatable bonds is 2. The molecular weight excluding hydrogens is 247 g/mol. The van der Waals surface area contributed by atoms with E-state index in [0.717, 1.165) is 0 Å². The number of amides is 1. The summed E-state index contributed by atoms with van der Waals surface area (Å²) in [4.78, 5) is 13.8. The molecule has 0 unspecified atom stereocenters. The highest BCUT2D eigenvalue weighted by Gasteiger charge is 2.39. The highest BCUT2D eigenvalue weighted by atomic mass is 19.1. The van der Waals surface area contributed by atoms with Gasteiger partial charge < -0.3 is 15.3 Å². The van der Waals surface area contributed by atoms with Crippen molar-refractivity contribution < 1.29 is 14.3 Å². The molecule has 1 aromatic carbocycles. The summed E-state index contributed by atoms with van der Waals surface area (Å²) < 4.78 is 13.9. The molecule has 2 N–H and O–H groups in total. The van der Waals surface area contributed by atoms with Gasteiger partial charge in [0.15, 0.2) is 0 Å². The minimum absolute atomic E-state index is 0.0976. The van der Waals surface area contributed by atoms with E-state index in [0.29, 0.717) is 18.8 Å². The molecule has 1 aromatic rings. The first kappa shape index (κ1) is 13.8. The van der Waals surface area contributed by atoms with Gasteiger partial charge in [-0.1, -0.05) is 6.07 Å². The van der Waals surface area contributed by atoms with Gasteiger partial charge in [0, 0.05) is 24.3 Å². The molecule has 0 saturated carbocycles. The summed E-state index contributed by atoms with van der Waals surface area (Å²) in [6.07, 6.45) is -0.919. The fourth-order valence-electron chi connectivity index (χ4n) is 2.50. The summed E-state index contributed by atoms with van der Waals surface area (Å²) in [5.41, 5.74) is 0.0514. The number of piperazine rings is 1. The number of benzene rings is 1. The topological polar surface area (TPSA) is 52.6 Å². The Balaban J connectivity index is 2.52. The van der Waals surface area contributed by atoms with E-state index >= 15 is 0 Å². The Bertz CT molecular complexity index is 500. The summed E-state index contributed by atoms with van der Waals surface area (Å²) in [6.45, 7) is 6.20. The fourth-order valence-corrected chi connectivity index (χ4v) is 2.50. The van der Waals surface area contributed by atoms with E-state index in [2.05, 4.69) is 5.32 Å². The molecule has 19 heavy (non-hydrogen) atoms. The molecule has 1 aliphatic heterocycles. The second-order valence-corrected chi connectivity index (χ2v) is 5.32. The molecule has 0 aromatic heterocycles. The van der Waals surface area contributed by atoms with E-state index in [1.165, 1.54) is 13.0 Å². The summed E-state index contributed by atoms with van der Waals surface area (Å²) in [7, 11) is 0. The van der Waals surface area contributed by atoms with Gasteiger partial charge in [0.25, 0.3) is 0 Å². The number of hydrogen-bond donors (Lipinski definition) is 2. The molecule has 0 bridgehead atoms. The first-order valence-electron chi connectivity index (χ1n) is 6.38. The Hall–Kier alpha value is -1.62. The number of anilines is 1. The molecule has 0 spiro atoms. The quantitative estimate of drug-likeness (QED) is 0.854. The maximum absolute atomic E-state index is 13.9. The molecule has 4 nitrogen and oxygen atoms in total. The molecule has 1 aliphatic rings. The number of carbonyl (C=O) groups is 1. The average Bonchev–Trinajstić information content (AvgIpc) is 2.31. The zero-order valence-electron chi connectivity index (χ0n) is 11.4. The van der Waals surface area contributed by atoms with Gasteiger partial charge in [-0.15, -0.1) is 0 Å². The van der Waals surface area contributed by atoms with Crippen LogP contribution in [-0.2, 0) is 4.79 Å². The lowest BCUT2D eigenvalue weighted by Crippen LogP contribution is -2.62. The van der Waals surface area contributed by atoms with Crippen molar-refractivity contribution in [1.29, 1.82) is 0 Å². The maximum atomic E-state index is 13.9. The zero-order valence-corrected chi connectivity index (χ0v) is 11.4. The van der Waals surface area contributed by atoms with E-state index in [4.69, 9.17) is 0 Å². The number of nitrogens with one attached hydrogen (secondary N) is 1. The van der Waals surface area contributed by atoms with Crippen molar-refractivity contribution in [2.75, 3.05) is 18.0 Å². The van der Waals surface area contributed by atoms with Gasteiger partial charge in [-0.25, -0.2) is 4.39 Å². The predicted octanol–water partition coefficient (Wildman–Crippen LogP) is 1.59. The third kappa shape index (κ3) is 2.30. The number of hydrogen-bond acceptors (Lipinski definition) is 3. The van der Waals surface area contributed by atoms with Crippen molar-refractivity contribution in [3.8, 4) is 0 Å². The highest BCUT2D eigenvalue weighted by molar-refractivity contribution is 5.90. The SMILES string of the molecule is C[C@@H](O)c1c(F)cccc1N1CCNC(=O)C1(C)C. The fraction of sp³-hybridized carbons (Fsp3) is 0.500. The molecular formula is C14H19FN2O2. The summed E-state index contributed by atoms with van der Waals surface area (Å²) in [6, 6.07) is 4.66. The Morgan fingerprint density at radius 1 is 1.47 bits per heavy atom. The van der Waals surface area contributed by atoms with Crippen LogP contribution in [0.5, 0.6) is 0 Å². The largest absolute Gasteiger partial charge is 0.389 e. The number of halogens is 1. The molecule has 1 atom stereocenters. The second-order valence-electron chi connectivity index (χ2n) is 5.32. The van der Waals surface area contributed by atoms with Gasteiger partial charge in [-0.2, -0.15) is 0 Å². The van der Waals surface area contributed by atoms with Gasteiger partial charge in [0.05, 0.1) is 6.10 Å². The van der Waals surface area contributed by atoms with Gasteiger partial charge in [-0.05, 0) is 32.9 Å². The number of aliphatic hydroxyl groups is 1. The third-order valence-electron chi connectivity index (χ3n) is 3.59. The van der Waals surface area contributed by atoms with E-state index in [1.807, 2.05) is 4.90 Å². The van der Waals surface area contributed by atoms with Crippen LogP contribution in [-0.4, -0.2) is 29.6 Å². The van der Waals surface area contributed by atoms with Crippen molar-refractivity contribution in [1.82, 2.24) is 5.32 Å². The Labute approximate surface area is 112 Å². The van der Waals surface area contributed by atoms with Crippen LogP contribution in [0.3, 0.4) is 0 Å². The summed E-state index contributed by atoms with van der Waals surface area (Å²) in [5, 5.41) is 12.6. The summed E-state index contributed by atoms with van der Waals surface area (Å²) in [5.74, 6) is -0.547. The molecule has 0 aliphatic carbocycles. The molecule has 0 radical (unpaired) electrons. The number of aliphatic hydroxyl groups excluding tert-OH is 1. The lowest BCUT2D eigenvalue weighted by molar-refractivity contribution is -0.126. The molecule has 1 saturated heterocycles. The van der Waals surface area contributed by atoms with Crippen LogP contribution in [0, 0.1) is 5.82 Å². The molecule has 5 heteroatoms. The Kier molecular flexibility index (Phi) is 3.49. The van der Waals surface area contributed by atoms with Crippen LogP contribution >= 0.6 is 0 Å². The molecule has 1 heterocycles. The lowest BCUT2D eigenvalue weighted by Gasteiger charge is -2.43. The van der Waals surface area contributed by atoms with Crippen LogP contribution < -0.4 is 10.2 Å². The van der Waals surface area contributed by atoms with E-state index in [9.17, 15) is 14.3 Å². The van der Waals surface area contributed by atoms with Crippen molar-refractivity contribution in [3.63, 3.8) is 0 Å². The van der Waals surface area contributed by atoms with Gasteiger partial charge in [0.2, 0.25) is 5.91 Å². The zero-order chi connectivity index (χ0) is 14.2. The first-order chi connectivity index (χ1) is 8.85. The lowest BCUT2D eigenvalue weighted by atomic mass is 9.95. The predicted molar refractivity (Wildman–Crippen MR) is 71.5 cm³/mol. The van der Waals surface area contributed by atoms with E-state index in [-0.39, 0.29) is 11.5 Å². The highest BCUT2D eigenvalue weighted by Crippen LogP contribution is 2.34. The average molecular weight is 266 g/mol. The summed E-state index contributed by atoms with van der Waals surface area (Å²) >= 11 is 0. The molecule has 1 amide bonds. The van der Waals surface area contributed by atoms with Gasteiger partial charge >= 0.3 is 0 Å². The van der Waals surface area contributed by atoms with Crippen LogP contribution in [0.15, 0.2) is 18.2 Å². The van der Waals surface area contributed by atoms with Gasteiger partial charge in [-0.3, -0.25) is 4.79 Å². The normalized spacial score (nSPS) is 20.1. The monoisotopic (exact) mass is 266 g/mol. The van der Waals surface area contributed by atoms with Crippen LogP contribution in [0.4, 0.5) is 10.1 Å². The van der Waals surface area contributed by atoms with E-state index in [1.54, 1.807) is 26.0 Å². The van der Waals surface area contributed by atoms with E-state index < -0.39 is 17.5 Å². The Morgan fingerprint density at radius 2 is 2.16 bits per heavy atom. The number of carbonyl (C=O) groups excluding carboxylic acids is 1. The van der Waals surface area contributed by atoms with Crippen LogP contribution in [0.1, 0.15) is 32.4 Å². The van der Waals surface area contributed by atoms with Crippen molar-refractivity contribution in [2.45, 2.75) is 32.4 Å². The molecule has 1 fully saturated rings. The maximum Gasteiger partial charge on any atom is 0.245 e. The molecule has 104 valence electrons. The van der Waals surface area contributed by atoms with Crippen molar-refractivity contribution in [3.05, 3.63) is 29.6 Å². The number of nitrogens with zero attached hydrogens (tertiary/aromatic N) is 1. The first-order valence-corrected chi connectivity index (χ1v) is 6.38. The van der Waals surface area contributed by atoms with Crippen LogP contribution in [0.25, 0.3) is 0 Å². The second kappa shape index (κ2) is 4.81. The van der Waals surface area contributed by atoms with Crippen molar-refractivity contribution in [2.24, 2.45) is 0 Å². The van der Waals surface area contributed by atoms with Crippen molar-refractivity contribution >= 4 is 11.6 Å². The molecule has 2 rings (SSSR count). The third-order valence-corrected chi connectivity index (χ3v) is 3.59. The standard InChI is InChI=1S/C14H19FN2O2/c1-9(18)12-10(15)5-4-6-11(12)17-8-7-16-13(19)14(17,2)3/h4-6,9,18H,7-8H2,1-3H3,(H,16,19)/t9-/m1/s1.